The molecule has 1 heterocycles. The maximum Gasteiger partial charge on any atom is 0.270 e. The van der Waals surface area contributed by atoms with Gasteiger partial charge in [-0.1, -0.05) is 12.1 Å². The summed E-state index contributed by atoms with van der Waals surface area (Å²) in [4.78, 5) is 29.7. The van der Waals surface area contributed by atoms with Crippen molar-refractivity contribution < 1.29 is 4.92 Å². The van der Waals surface area contributed by atoms with Crippen LogP contribution in [0.15, 0.2) is 41.2 Å². The second-order valence-corrected chi connectivity index (χ2v) is 5.18. The summed E-state index contributed by atoms with van der Waals surface area (Å²) in [6.45, 7) is 3.88. The standard InChI is InChI=1S/C16H13N3O3/c1-9-6-13-14(7-10(9)2)17-15(18-16(13)20)11-4-3-5-12(8-11)19(21)22/h3-8H,1-2H3,(H,17,18,20). The maximum atomic E-state index is 12.2. The largest absolute Gasteiger partial charge is 0.306 e. The van der Waals surface area contributed by atoms with E-state index in [2.05, 4.69) is 9.97 Å². The molecule has 0 saturated carbocycles. The minimum Gasteiger partial charge on any atom is -0.306 e. The highest BCUT2D eigenvalue weighted by Crippen LogP contribution is 2.22. The molecule has 1 N–H and O–H groups in total. The lowest BCUT2D eigenvalue weighted by Crippen LogP contribution is -2.10. The highest BCUT2D eigenvalue weighted by molar-refractivity contribution is 5.81. The molecule has 0 atom stereocenters. The lowest BCUT2D eigenvalue weighted by atomic mass is 10.1. The Morgan fingerprint density at radius 1 is 1.14 bits per heavy atom. The van der Waals surface area contributed by atoms with Crippen molar-refractivity contribution in [3.8, 4) is 11.4 Å². The zero-order valence-electron chi connectivity index (χ0n) is 12.1. The van der Waals surface area contributed by atoms with Crippen LogP contribution in [-0.2, 0) is 0 Å². The monoisotopic (exact) mass is 295 g/mol. The molecule has 110 valence electrons. The number of nitro groups is 1. The summed E-state index contributed by atoms with van der Waals surface area (Å²) >= 11 is 0. The van der Waals surface area contributed by atoms with Gasteiger partial charge in [0.1, 0.15) is 5.82 Å². The van der Waals surface area contributed by atoms with Crippen molar-refractivity contribution >= 4 is 16.6 Å². The normalized spacial score (nSPS) is 10.8. The van der Waals surface area contributed by atoms with Crippen LogP contribution in [-0.4, -0.2) is 14.9 Å². The van der Waals surface area contributed by atoms with Gasteiger partial charge in [-0.05, 0) is 37.1 Å². The molecule has 3 aromatic rings. The third-order valence-corrected chi connectivity index (χ3v) is 3.65. The number of aryl methyl sites for hydroxylation is 2. The van der Waals surface area contributed by atoms with Gasteiger partial charge in [0.2, 0.25) is 0 Å². The topological polar surface area (TPSA) is 88.9 Å². The second-order valence-electron chi connectivity index (χ2n) is 5.18. The number of non-ortho nitro benzene ring substituents is 1. The van der Waals surface area contributed by atoms with Gasteiger partial charge in [0, 0.05) is 17.7 Å². The molecule has 0 aliphatic carbocycles. The number of hydrogen-bond donors (Lipinski definition) is 1. The molecule has 3 rings (SSSR count). The summed E-state index contributed by atoms with van der Waals surface area (Å²) in [7, 11) is 0. The second kappa shape index (κ2) is 5.07. The first-order chi connectivity index (χ1) is 10.5. The van der Waals surface area contributed by atoms with Crippen molar-refractivity contribution in [2.75, 3.05) is 0 Å². The number of aromatic nitrogens is 2. The third-order valence-electron chi connectivity index (χ3n) is 3.65. The van der Waals surface area contributed by atoms with Crippen LogP contribution in [0, 0.1) is 24.0 Å². The van der Waals surface area contributed by atoms with Crippen LogP contribution in [0.25, 0.3) is 22.3 Å². The van der Waals surface area contributed by atoms with Crippen LogP contribution in [0.4, 0.5) is 5.69 Å². The third kappa shape index (κ3) is 2.35. The molecule has 0 radical (unpaired) electrons. The molecule has 0 fully saturated rings. The smallest absolute Gasteiger partial charge is 0.270 e. The Hall–Kier alpha value is -3.02. The number of nitrogens with one attached hydrogen (secondary N) is 1. The van der Waals surface area contributed by atoms with E-state index in [4.69, 9.17) is 0 Å². The number of nitrogens with zero attached hydrogens (tertiary/aromatic N) is 2. The molecule has 1 aromatic heterocycles. The van der Waals surface area contributed by atoms with Crippen LogP contribution in [0.2, 0.25) is 0 Å². The van der Waals surface area contributed by atoms with Gasteiger partial charge in [0.05, 0.1) is 15.8 Å². The number of aromatic amines is 1. The molecule has 0 unspecified atom stereocenters. The van der Waals surface area contributed by atoms with E-state index in [9.17, 15) is 14.9 Å². The summed E-state index contributed by atoms with van der Waals surface area (Å²) in [6, 6.07) is 9.69. The van der Waals surface area contributed by atoms with Gasteiger partial charge < -0.3 is 4.98 Å². The van der Waals surface area contributed by atoms with Crippen LogP contribution >= 0.6 is 0 Å². The molecule has 0 aliphatic rings. The summed E-state index contributed by atoms with van der Waals surface area (Å²) < 4.78 is 0. The SMILES string of the molecule is Cc1cc2nc(-c3cccc([N+](=O)[O-])c3)[nH]c(=O)c2cc1C. The molecule has 0 aliphatic heterocycles. The highest BCUT2D eigenvalue weighted by atomic mass is 16.6. The Kier molecular flexibility index (Phi) is 3.21. The van der Waals surface area contributed by atoms with Crippen molar-refractivity contribution in [3.63, 3.8) is 0 Å². The van der Waals surface area contributed by atoms with Crippen LogP contribution in [0.3, 0.4) is 0 Å². The van der Waals surface area contributed by atoms with Crippen molar-refractivity contribution in [3.05, 3.63) is 68.0 Å². The number of nitro benzene ring substituents is 1. The Balaban J connectivity index is 2.24. The zero-order chi connectivity index (χ0) is 15.9. The first-order valence-corrected chi connectivity index (χ1v) is 6.72. The number of hydrogen-bond acceptors (Lipinski definition) is 4. The summed E-state index contributed by atoms with van der Waals surface area (Å²) in [5.74, 6) is 0.324. The van der Waals surface area contributed by atoms with E-state index in [0.717, 1.165) is 11.1 Å². The lowest BCUT2D eigenvalue weighted by molar-refractivity contribution is -0.384. The molecule has 6 nitrogen and oxygen atoms in total. The lowest BCUT2D eigenvalue weighted by Gasteiger charge is -2.06. The fourth-order valence-corrected chi connectivity index (χ4v) is 2.30. The van der Waals surface area contributed by atoms with E-state index < -0.39 is 4.92 Å². The van der Waals surface area contributed by atoms with Crippen molar-refractivity contribution in [2.45, 2.75) is 13.8 Å². The van der Waals surface area contributed by atoms with Gasteiger partial charge in [0.25, 0.3) is 11.2 Å². The Bertz CT molecular complexity index is 960. The molecule has 0 bridgehead atoms. The summed E-state index contributed by atoms with van der Waals surface area (Å²) in [6.07, 6.45) is 0. The first-order valence-electron chi connectivity index (χ1n) is 6.72. The Labute approximate surface area is 125 Å². The number of H-pyrrole nitrogens is 1. The summed E-state index contributed by atoms with van der Waals surface area (Å²) in [5.41, 5.74) is 2.84. The molecule has 6 heteroatoms. The average molecular weight is 295 g/mol. The van der Waals surface area contributed by atoms with E-state index in [1.165, 1.54) is 12.1 Å². The highest BCUT2D eigenvalue weighted by Gasteiger charge is 2.11. The van der Waals surface area contributed by atoms with E-state index in [-0.39, 0.29) is 11.2 Å². The Morgan fingerprint density at radius 2 is 1.86 bits per heavy atom. The maximum absolute atomic E-state index is 12.2. The van der Waals surface area contributed by atoms with Crippen LogP contribution in [0.1, 0.15) is 11.1 Å². The van der Waals surface area contributed by atoms with Crippen molar-refractivity contribution in [2.24, 2.45) is 0 Å². The fraction of sp³-hybridized carbons (Fsp3) is 0.125. The van der Waals surface area contributed by atoms with E-state index in [1.54, 1.807) is 18.2 Å². The molecule has 2 aromatic carbocycles. The summed E-state index contributed by atoms with van der Waals surface area (Å²) in [5, 5.41) is 11.4. The average Bonchev–Trinajstić information content (AvgIpc) is 2.49. The van der Waals surface area contributed by atoms with Crippen molar-refractivity contribution in [1.82, 2.24) is 9.97 Å². The van der Waals surface area contributed by atoms with Gasteiger partial charge in [-0.25, -0.2) is 4.98 Å². The van der Waals surface area contributed by atoms with Gasteiger partial charge in [0.15, 0.2) is 0 Å². The predicted octanol–water partition coefficient (Wildman–Crippen LogP) is 3.12. The van der Waals surface area contributed by atoms with Gasteiger partial charge in [-0.3, -0.25) is 14.9 Å². The number of benzene rings is 2. The van der Waals surface area contributed by atoms with Crippen LogP contribution in [0.5, 0.6) is 0 Å². The molecule has 0 amide bonds. The van der Waals surface area contributed by atoms with Gasteiger partial charge in [-0.15, -0.1) is 0 Å². The molecule has 0 saturated heterocycles. The molecular formula is C16H13N3O3. The van der Waals surface area contributed by atoms with E-state index in [1.807, 2.05) is 19.9 Å². The van der Waals surface area contributed by atoms with Crippen molar-refractivity contribution in [1.29, 1.82) is 0 Å². The minimum absolute atomic E-state index is 0.0414. The van der Waals surface area contributed by atoms with E-state index in [0.29, 0.717) is 22.3 Å². The first kappa shape index (κ1) is 13.9. The Morgan fingerprint density at radius 3 is 2.59 bits per heavy atom. The van der Waals surface area contributed by atoms with Gasteiger partial charge in [-0.2, -0.15) is 0 Å². The quantitative estimate of drug-likeness (QED) is 0.581. The molecular weight excluding hydrogens is 282 g/mol. The number of fused-ring (bicyclic) bond motifs is 1. The molecule has 0 spiro atoms. The van der Waals surface area contributed by atoms with E-state index >= 15 is 0 Å². The molecule has 22 heavy (non-hydrogen) atoms. The van der Waals surface area contributed by atoms with Gasteiger partial charge >= 0.3 is 0 Å². The zero-order valence-corrected chi connectivity index (χ0v) is 12.1. The minimum atomic E-state index is -0.476. The van der Waals surface area contributed by atoms with Crippen LogP contribution < -0.4 is 5.56 Å². The predicted molar refractivity (Wildman–Crippen MR) is 83.9 cm³/mol. The fourth-order valence-electron chi connectivity index (χ4n) is 2.30. The number of rotatable bonds is 2.